The van der Waals surface area contributed by atoms with Crippen molar-refractivity contribution in [2.24, 2.45) is 0 Å². The molecule has 0 saturated heterocycles. The van der Waals surface area contributed by atoms with E-state index >= 15 is 0 Å². The topological polar surface area (TPSA) is 73.3 Å². The van der Waals surface area contributed by atoms with Crippen molar-refractivity contribution in [3.05, 3.63) is 89.0 Å². The fraction of sp³-hybridized carbons (Fsp3) is 0.179. The van der Waals surface area contributed by atoms with Crippen molar-refractivity contribution in [3.8, 4) is 28.8 Å². The van der Waals surface area contributed by atoms with Crippen LogP contribution in [-0.2, 0) is 11.2 Å². The van der Waals surface area contributed by atoms with Gasteiger partial charge in [0.25, 0.3) is 0 Å². The molecule has 1 amide bonds. The molecule has 35 heavy (non-hydrogen) atoms. The molecule has 0 spiro atoms. The number of fused-ring (bicyclic) bond motifs is 2. The van der Waals surface area contributed by atoms with Crippen molar-refractivity contribution in [2.75, 3.05) is 18.2 Å². The van der Waals surface area contributed by atoms with E-state index in [1.165, 1.54) is 17.3 Å². The van der Waals surface area contributed by atoms with Crippen LogP contribution in [0.5, 0.6) is 17.4 Å². The molecule has 2 heterocycles. The number of ether oxygens (including phenoxy) is 2. The number of carbonyl (C=O) groups excluding carboxylic acids is 1. The Labute approximate surface area is 208 Å². The van der Waals surface area contributed by atoms with Crippen molar-refractivity contribution in [3.63, 3.8) is 0 Å². The molecule has 0 unspecified atom stereocenters. The summed E-state index contributed by atoms with van der Waals surface area (Å²) in [5, 5.41) is 3.74. The quantitative estimate of drug-likeness (QED) is 0.229. The Morgan fingerprint density at radius 2 is 1.86 bits per heavy atom. The maximum Gasteiger partial charge on any atom is 0.234 e. The van der Waals surface area contributed by atoms with Gasteiger partial charge in [0.05, 0.1) is 18.4 Å². The van der Waals surface area contributed by atoms with E-state index in [2.05, 4.69) is 18.3 Å². The first-order valence-corrected chi connectivity index (χ1v) is 12.3. The third-order valence-corrected chi connectivity index (χ3v) is 6.85. The molecule has 0 radical (unpaired) electrons. The summed E-state index contributed by atoms with van der Waals surface area (Å²) in [7, 11) is 1.63. The highest BCUT2D eigenvalue weighted by molar-refractivity contribution is 8.00. The summed E-state index contributed by atoms with van der Waals surface area (Å²) in [4.78, 5) is 22.3. The highest BCUT2D eigenvalue weighted by atomic mass is 32.2. The molecule has 0 saturated carbocycles. The van der Waals surface area contributed by atoms with E-state index in [-0.39, 0.29) is 11.7 Å². The largest absolute Gasteiger partial charge is 0.497 e. The average molecular weight is 484 g/mol. The summed E-state index contributed by atoms with van der Waals surface area (Å²) in [6.45, 7) is 4.03. The number of benzene rings is 3. The summed E-state index contributed by atoms with van der Waals surface area (Å²) in [6, 6.07) is 21.4. The fourth-order valence-corrected chi connectivity index (χ4v) is 4.77. The molecule has 5 rings (SSSR count). The maximum atomic E-state index is 12.8. The lowest BCUT2D eigenvalue weighted by molar-refractivity contribution is -0.113. The highest BCUT2D eigenvalue weighted by Gasteiger charge is 2.25. The van der Waals surface area contributed by atoms with E-state index < -0.39 is 0 Å². The molecule has 7 heteroatoms. The Morgan fingerprint density at radius 3 is 2.63 bits per heavy atom. The van der Waals surface area contributed by atoms with E-state index in [4.69, 9.17) is 19.4 Å². The van der Waals surface area contributed by atoms with Crippen LogP contribution >= 0.6 is 11.8 Å². The molecule has 1 aromatic heterocycles. The second-order valence-electron chi connectivity index (χ2n) is 8.41. The minimum atomic E-state index is -0.0874. The van der Waals surface area contributed by atoms with Crippen LogP contribution < -0.4 is 14.8 Å². The van der Waals surface area contributed by atoms with Crippen LogP contribution in [0.2, 0.25) is 0 Å². The third-order valence-electron chi connectivity index (χ3n) is 5.83. The van der Waals surface area contributed by atoms with Gasteiger partial charge in [0.15, 0.2) is 5.82 Å². The number of rotatable bonds is 6. The zero-order chi connectivity index (χ0) is 24.4. The predicted octanol–water partition coefficient (Wildman–Crippen LogP) is 6.20. The molecular formula is C28H25N3O3S. The van der Waals surface area contributed by atoms with Crippen LogP contribution in [0.25, 0.3) is 11.4 Å². The van der Waals surface area contributed by atoms with E-state index in [1.54, 1.807) is 7.11 Å². The standard InChI is InChI=1S/C28H25N3O3S/c1-17-8-13-24-20(14-17)15-22-27(34-24)30-26(19-9-11-21(33-3)12-10-19)31-28(22)35-16-25(32)29-23-7-5-4-6-18(23)2/h4-14H,15-16H2,1-3H3,(H,29,32). The smallest absolute Gasteiger partial charge is 0.234 e. The summed E-state index contributed by atoms with van der Waals surface area (Å²) in [5.74, 6) is 2.77. The zero-order valence-electron chi connectivity index (χ0n) is 19.8. The van der Waals surface area contributed by atoms with Gasteiger partial charge in [0.1, 0.15) is 16.5 Å². The normalized spacial score (nSPS) is 11.7. The Morgan fingerprint density at radius 1 is 1.06 bits per heavy atom. The monoisotopic (exact) mass is 483 g/mol. The number of amides is 1. The lowest BCUT2D eigenvalue weighted by atomic mass is 10.0. The number of aromatic nitrogens is 2. The lowest BCUT2D eigenvalue weighted by Crippen LogP contribution is -2.16. The minimum Gasteiger partial charge on any atom is -0.497 e. The number of carbonyl (C=O) groups is 1. The number of hydrogen-bond donors (Lipinski definition) is 1. The second-order valence-corrected chi connectivity index (χ2v) is 9.37. The number of thioether (sulfide) groups is 1. The highest BCUT2D eigenvalue weighted by Crippen LogP contribution is 2.40. The number of para-hydroxylation sites is 1. The van der Waals surface area contributed by atoms with Gasteiger partial charge in [-0.2, -0.15) is 4.98 Å². The van der Waals surface area contributed by atoms with E-state index in [9.17, 15) is 4.79 Å². The van der Waals surface area contributed by atoms with Crippen LogP contribution in [-0.4, -0.2) is 28.7 Å². The van der Waals surface area contributed by atoms with Gasteiger partial charge in [-0.1, -0.05) is 47.7 Å². The molecule has 0 aliphatic carbocycles. The molecule has 176 valence electrons. The molecular weight excluding hydrogens is 458 g/mol. The van der Waals surface area contributed by atoms with Crippen LogP contribution in [0.4, 0.5) is 5.69 Å². The number of nitrogens with zero attached hydrogens (tertiary/aromatic N) is 2. The first kappa shape index (κ1) is 22.9. The first-order chi connectivity index (χ1) is 17.0. The molecule has 1 aliphatic rings. The van der Waals surface area contributed by atoms with Gasteiger partial charge in [-0.25, -0.2) is 4.98 Å². The number of anilines is 1. The van der Waals surface area contributed by atoms with Gasteiger partial charge in [0, 0.05) is 17.7 Å². The molecule has 6 nitrogen and oxygen atoms in total. The zero-order valence-corrected chi connectivity index (χ0v) is 20.6. The van der Waals surface area contributed by atoms with Gasteiger partial charge >= 0.3 is 0 Å². The first-order valence-electron chi connectivity index (χ1n) is 11.3. The number of nitrogens with one attached hydrogen (secondary N) is 1. The predicted molar refractivity (Wildman–Crippen MR) is 139 cm³/mol. The van der Waals surface area contributed by atoms with Crippen LogP contribution in [0.15, 0.2) is 71.8 Å². The number of hydrogen-bond acceptors (Lipinski definition) is 6. The van der Waals surface area contributed by atoms with Gasteiger partial charge in [-0.15, -0.1) is 0 Å². The molecule has 4 aromatic rings. The Hall–Kier alpha value is -3.84. The Kier molecular flexibility index (Phi) is 6.42. The van der Waals surface area contributed by atoms with Gasteiger partial charge in [0.2, 0.25) is 11.8 Å². The molecule has 3 aromatic carbocycles. The van der Waals surface area contributed by atoms with Crippen molar-refractivity contribution < 1.29 is 14.3 Å². The number of methoxy groups -OCH3 is 1. The van der Waals surface area contributed by atoms with E-state index in [1.807, 2.05) is 67.6 Å². The fourth-order valence-electron chi connectivity index (χ4n) is 3.94. The SMILES string of the molecule is COc1ccc(-c2nc3c(c(SCC(=O)Nc4ccccc4C)n2)Cc2cc(C)ccc2O3)cc1. The third kappa shape index (κ3) is 5.00. The van der Waals surface area contributed by atoms with Gasteiger partial charge in [-0.05, 0) is 61.4 Å². The Balaban J connectivity index is 1.46. The summed E-state index contributed by atoms with van der Waals surface area (Å²) in [6.07, 6.45) is 0.650. The van der Waals surface area contributed by atoms with E-state index in [0.717, 1.165) is 44.5 Å². The average Bonchev–Trinajstić information content (AvgIpc) is 2.87. The van der Waals surface area contributed by atoms with Crippen molar-refractivity contribution in [1.29, 1.82) is 0 Å². The minimum absolute atomic E-state index is 0.0874. The van der Waals surface area contributed by atoms with E-state index in [0.29, 0.717) is 18.1 Å². The molecule has 0 fully saturated rings. The number of aryl methyl sites for hydroxylation is 2. The van der Waals surface area contributed by atoms with Crippen molar-refractivity contribution in [1.82, 2.24) is 9.97 Å². The van der Waals surface area contributed by atoms with Crippen LogP contribution in [0.1, 0.15) is 22.3 Å². The Bertz CT molecular complexity index is 1400. The van der Waals surface area contributed by atoms with Crippen molar-refractivity contribution >= 4 is 23.4 Å². The van der Waals surface area contributed by atoms with Crippen LogP contribution in [0, 0.1) is 13.8 Å². The van der Waals surface area contributed by atoms with Crippen molar-refractivity contribution in [2.45, 2.75) is 25.3 Å². The molecule has 1 N–H and O–H groups in total. The maximum absolute atomic E-state index is 12.8. The lowest BCUT2D eigenvalue weighted by Gasteiger charge is -2.22. The summed E-state index contributed by atoms with van der Waals surface area (Å²) >= 11 is 1.40. The molecule has 0 atom stereocenters. The summed E-state index contributed by atoms with van der Waals surface area (Å²) < 4.78 is 11.5. The molecule has 0 bridgehead atoms. The second kappa shape index (κ2) is 9.80. The molecule has 1 aliphatic heterocycles. The van der Waals surface area contributed by atoms with Gasteiger partial charge in [-0.3, -0.25) is 4.79 Å². The summed E-state index contributed by atoms with van der Waals surface area (Å²) in [5.41, 5.74) is 5.83. The van der Waals surface area contributed by atoms with Crippen LogP contribution in [0.3, 0.4) is 0 Å². The van der Waals surface area contributed by atoms with Gasteiger partial charge < -0.3 is 14.8 Å².